The number of halogens is 2. The zero-order valence-electron chi connectivity index (χ0n) is 12.5. The van der Waals surface area contributed by atoms with Crippen molar-refractivity contribution in [1.29, 1.82) is 0 Å². The van der Waals surface area contributed by atoms with Crippen LogP contribution >= 0.6 is 0 Å². The van der Waals surface area contributed by atoms with Gasteiger partial charge in [-0.3, -0.25) is 0 Å². The van der Waals surface area contributed by atoms with Crippen molar-refractivity contribution in [2.45, 2.75) is 51.0 Å². The molecule has 116 valence electrons. The molecule has 2 aliphatic rings. The maximum atomic E-state index is 13.2. The number of rotatable bonds is 2. The lowest BCUT2D eigenvalue weighted by molar-refractivity contribution is -0.0221. The molecule has 1 unspecified atom stereocenters. The lowest BCUT2D eigenvalue weighted by atomic mass is 10.0. The minimum Gasteiger partial charge on any atom is -0.356 e. The van der Waals surface area contributed by atoms with Gasteiger partial charge in [0, 0.05) is 50.6 Å². The molecule has 5 heteroatoms. The molecule has 1 fully saturated rings. The average Bonchev–Trinajstić information content (AvgIpc) is 2.68. The Kier molecular flexibility index (Phi) is 4.11. The second-order valence-electron chi connectivity index (χ2n) is 6.13. The standard InChI is InChI=1S/C16H23F2N3/c1-2-13-11-12-3-4-15(20-14(12)5-8-19-13)21-9-6-16(17,18)7-10-21/h3-4,13,19H,2,5-11H2,1H3. The molecule has 21 heavy (non-hydrogen) atoms. The molecule has 0 aliphatic carbocycles. The molecule has 1 aromatic heterocycles. The van der Waals surface area contributed by atoms with E-state index in [1.165, 1.54) is 5.56 Å². The second kappa shape index (κ2) is 5.87. The van der Waals surface area contributed by atoms with Gasteiger partial charge in [0.05, 0.1) is 0 Å². The molecule has 2 aliphatic heterocycles. The fourth-order valence-corrected chi connectivity index (χ4v) is 3.18. The first-order valence-corrected chi connectivity index (χ1v) is 7.92. The minimum atomic E-state index is -2.50. The summed E-state index contributed by atoms with van der Waals surface area (Å²) in [5.41, 5.74) is 2.44. The smallest absolute Gasteiger partial charge is 0.251 e. The van der Waals surface area contributed by atoms with Gasteiger partial charge in [-0.05, 0) is 24.5 Å². The minimum absolute atomic E-state index is 0.0643. The largest absolute Gasteiger partial charge is 0.356 e. The molecule has 3 nitrogen and oxygen atoms in total. The Bertz CT molecular complexity index is 494. The molecular weight excluding hydrogens is 272 g/mol. The van der Waals surface area contributed by atoms with Crippen molar-refractivity contribution in [3.8, 4) is 0 Å². The van der Waals surface area contributed by atoms with E-state index < -0.39 is 5.92 Å². The van der Waals surface area contributed by atoms with Crippen molar-refractivity contribution < 1.29 is 8.78 Å². The van der Waals surface area contributed by atoms with Gasteiger partial charge in [-0.25, -0.2) is 13.8 Å². The highest BCUT2D eigenvalue weighted by Crippen LogP contribution is 2.30. The number of alkyl halides is 2. The highest BCUT2D eigenvalue weighted by molar-refractivity contribution is 5.43. The fraction of sp³-hybridized carbons (Fsp3) is 0.688. The van der Waals surface area contributed by atoms with Crippen molar-refractivity contribution in [2.75, 3.05) is 24.5 Å². The van der Waals surface area contributed by atoms with E-state index in [1.54, 1.807) is 0 Å². The van der Waals surface area contributed by atoms with E-state index in [1.807, 2.05) is 11.0 Å². The normalized spacial score (nSPS) is 25.3. The average molecular weight is 295 g/mol. The molecule has 0 aromatic carbocycles. The van der Waals surface area contributed by atoms with Crippen LogP contribution in [-0.2, 0) is 12.8 Å². The summed E-state index contributed by atoms with van der Waals surface area (Å²) >= 11 is 0. The molecule has 0 spiro atoms. The Morgan fingerprint density at radius 1 is 1.33 bits per heavy atom. The Morgan fingerprint density at radius 2 is 2.10 bits per heavy atom. The molecule has 1 N–H and O–H groups in total. The van der Waals surface area contributed by atoms with E-state index >= 15 is 0 Å². The molecule has 3 rings (SSSR count). The van der Waals surface area contributed by atoms with Crippen molar-refractivity contribution in [1.82, 2.24) is 10.3 Å². The number of hydrogen-bond donors (Lipinski definition) is 1. The lowest BCUT2D eigenvalue weighted by Crippen LogP contribution is -2.39. The van der Waals surface area contributed by atoms with Crippen molar-refractivity contribution in [2.24, 2.45) is 0 Å². The van der Waals surface area contributed by atoms with E-state index in [-0.39, 0.29) is 12.8 Å². The van der Waals surface area contributed by atoms with Crippen molar-refractivity contribution >= 4 is 5.82 Å². The maximum absolute atomic E-state index is 13.2. The van der Waals surface area contributed by atoms with Gasteiger partial charge < -0.3 is 10.2 Å². The van der Waals surface area contributed by atoms with Crippen LogP contribution in [-0.4, -0.2) is 36.6 Å². The Balaban J connectivity index is 1.76. The molecule has 1 atom stereocenters. The topological polar surface area (TPSA) is 28.2 Å². The van der Waals surface area contributed by atoms with Crippen molar-refractivity contribution in [3.63, 3.8) is 0 Å². The third-order valence-electron chi connectivity index (χ3n) is 4.63. The summed E-state index contributed by atoms with van der Waals surface area (Å²) in [4.78, 5) is 6.75. The zero-order chi connectivity index (χ0) is 14.9. The Hall–Kier alpha value is -1.23. The van der Waals surface area contributed by atoms with Crippen LogP contribution in [0.4, 0.5) is 14.6 Å². The summed E-state index contributed by atoms with van der Waals surface area (Å²) in [5.74, 6) is -1.64. The van der Waals surface area contributed by atoms with Crippen LogP contribution in [0.15, 0.2) is 12.1 Å². The summed E-state index contributed by atoms with van der Waals surface area (Å²) in [6.07, 6.45) is 2.92. The van der Waals surface area contributed by atoms with Gasteiger partial charge in [-0.2, -0.15) is 0 Å². The number of aromatic nitrogens is 1. The lowest BCUT2D eigenvalue weighted by Gasteiger charge is -2.32. The molecule has 0 bridgehead atoms. The summed E-state index contributed by atoms with van der Waals surface area (Å²) in [7, 11) is 0. The SMILES string of the molecule is CCC1Cc2ccc(N3CCC(F)(F)CC3)nc2CCN1. The number of nitrogens with one attached hydrogen (secondary N) is 1. The summed E-state index contributed by atoms with van der Waals surface area (Å²) in [5, 5.41) is 3.54. The number of fused-ring (bicyclic) bond motifs is 1. The van der Waals surface area contributed by atoms with Crippen LogP contribution < -0.4 is 10.2 Å². The van der Waals surface area contributed by atoms with Crippen LogP contribution in [0.1, 0.15) is 37.4 Å². The second-order valence-corrected chi connectivity index (χ2v) is 6.13. The first-order valence-electron chi connectivity index (χ1n) is 7.92. The predicted molar refractivity (Wildman–Crippen MR) is 80.1 cm³/mol. The zero-order valence-corrected chi connectivity index (χ0v) is 12.5. The number of hydrogen-bond acceptors (Lipinski definition) is 3. The van der Waals surface area contributed by atoms with Crippen LogP contribution in [0.5, 0.6) is 0 Å². The molecule has 1 aromatic rings. The van der Waals surface area contributed by atoms with Crippen molar-refractivity contribution in [3.05, 3.63) is 23.4 Å². The van der Waals surface area contributed by atoms with Crippen LogP contribution in [0.25, 0.3) is 0 Å². The first kappa shape index (κ1) is 14.7. The number of nitrogens with zero attached hydrogens (tertiary/aromatic N) is 2. The summed E-state index contributed by atoms with van der Waals surface area (Å²) in [6.45, 7) is 3.93. The molecule has 0 saturated carbocycles. The number of pyridine rings is 1. The van der Waals surface area contributed by atoms with Gasteiger partial charge in [0.2, 0.25) is 0 Å². The highest BCUT2D eigenvalue weighted by atomic mass is 19.3. The molecule has 1 saturated heterocycles. The Labute approximate surface area is 124 Å². The summed E-state index contributed by atoms with van der Waals surface area (Å²) < 4.78 is 26.5. The third-order valence-corrected chi connectivity index (χ3v) is 4.63. The van der Waals surface area contributed by atoms with E-state index in [0.717, 1.165) is 37.3 Å². The number of anilines is 1. The molecule has 0 amide bonds. The maximum Gasteiger partial charge on any atom is 0.251 e. The van der Waals surface area contributed by atoms with Gasteiger partial charge in [0.25, 0.3) is 5.92 Å². The van der Waals surface area contributed by atoms with Gasteiger partial charge in [0.1, 0.15) is 5.82 Å². The van der Waals surface area contributed by atoms with Gasteiger partial charge in [-0.1, -0.05) is 13.0 Å². The molecular formula is C16H23F2N3. The van der Waals surface area contributed by atoms with E-state index in [2.05, 4.69) is 18.3 Å². The van der Waals surface area contributed by atoms with E-state index in [0.29, 0.717) is 19.1 Å². The molecule has 0 radical (unpaired) electrons. The highest BCUT2D eigenvalue weighted by Gasteiger charge is 2.34. The third kappa shape index (κ3) is 3.34. The quantitative estimate of drug-likeness (QED) is 0.909. The van der Waals surface area contributed by atoms with Crippen LogP contribution in [0, 0.1) is 0 Å². The monoisotopic (exact) mass is 295 g/mol. The predicted octanol–water partition coefficient (Wildman–Crippen LogP) is 2.78. The van der Waals surface area contributed by atoms with E-state index in [9.17, 15) is 8.78 Å². The Morgan fingerprint density at radius 3 is 2.81 bits per heavy atom. The fourth-order valence-electron chi connectivity index (χ4n) is 3.18. The van der Waals surface area contributed by atoms with E-state index in [4.69, 9.17) is 4.98 Å². The van der Waals surface area contributed by atoms with Gasteiger partial charge in [-0.15, -0.1) is 0 Å². The van der Waals surface area contributed by atoms with Crippen LogP contribution in [0.2, 0.25) is 0 Å². The number of piperidine rings is 1. The summed E-state index contributed by atoms with van der Waals surface area (Å²) in [6, 6.07) is 4.66. The van der Waals surface area contributed by atoms with Gasteiger partial charge >= 0.3 is 0 Å². The van der Waals surface area contributed by atoms with Gasteiger partial charge in [0.15, 0.2) is 0 Å². The molecule has 3 heterocycles. The van der Waals surface area contributed by atoms with Crippen LogP contribution in [0.3, 0.4) is 0 Å². The first-order chi connectivity index (χ1) is 10.1.